The van der Waals surface area contributed by atoms with Crippen LogP contribution >= 0.6 is 11.3 Å². The van der Waals surface area contributed by atoms with Crippen molar-refractivity contribution in [3.63, 3.8) is 0 Å². The molecule has 0 unspecified atom stereocenters. The van der Waals surface area contributed by atoms with E-state index < -0.39 is 0 Å². The number of nitrogens with zero attached hydrogens (tertiary/aromatic N) is 2. The Hall–Kier alpha value is -2.14. The third-order valence-electron chi connectivity index (χ3n) is 3.34. The lowest BCUT2D eigenvalue weighted by molar-refractivity contribution is 1.00. The van der Waals surface area contributed by atoms with E-state index in [1.165, 1.54) is 11.1 Å². The summed E-state index contributed by atoms with van der Waals surface area (Å²) in [5.74, 6) is 1.56. The molecule has 0 saturated heterocycles. The number of aromatic nitrogens is 2. The van der Waals surface area contributed by atoms with E-state index >= 15 is 0 Å². The minimum Gasteiger partial charge on any atom is -0.369 e. The summed E-state index contributed by atoms with van der Waals surface area (Å²) in [6.45, 7) is 2.98. The highest BCUT2D eigenvalue weighted by molar-refractivity contribution is 7.16. The van der Waals surface area contributed by atoms with Crippen LogP contribution in [0.2, 0.25) is 0 Å². The summed E-state index contributed by atoms with van der Waals surface area (Å²) in [4.78, 5) is 9.97. The van der Waals surface area contributed by atoms with Crippen LogP contribution in [0.15, 0.2) is 35.7 Å². The van der Waals surface area contributed by atoms with Gasteiger partial charge in [0.05, 0.1) is 5.39 Å². The molecule has 0 radical (unpaired) electrons. The third-order valence-corrected chi connectivity index (χ3v) is 4.14. The average Bonchev–Trinajstić information content (AvgIpc) is 2.95. The number of anilines is 2. The predicted octanol–water partition coefficient (Wildman–Crippen LogP) is 3.70. The van der Waals surface area contributed by atoms with Gasteiger partial charge >= 0.3 is 0 Å². The van der Waals surface area contributed by atoms with Gasteiger partial charge in [-0.25, -0.2) is 4.98 Å². The molecule has 0 aliphatic heterocycles. The molecule has 2 N–H and O–H groups in total. The van der Waals surface area contributed by atoms with E-state index in [2.05, 4.69) is 57.9 Å². The maximum atomic E-state index is 4.51. The minimum absolute atomic E-state index is 0.656. The number of fused-ring (bicyclic) bond motifs is 1. The Labute approximate surface area is 128 Å². The van der Waals surface area contributed by atoms with Crippen LogP contribution < -0.4 is 10.6 Å². The molecule has 5 heteroatoms. The van der Waals surface area contributed by atoms with Crippen molar-refractivity contribution in [3.05, 3.63) is 46.8 Å². The zero-order chi connectivity index (χ0) is 14.7. The number of hydrogen-bond acceptors (Lipinski definition) is 5. The molecule has 0 spiro atoms. The first-order valence-electron chi connectivity index (χ1n) is 6.98. The Balaban J connectivity index is 1.74. The van der Waals surface area contributed by atoms with Gasteiger partial charge in [0, 0.05) is 13.6 Å². The normalized spacial score (nSPS) is 10.8. The van der Waals surface area contributed by atoms with Crippen LogP contribution in [-0.2, 0) is 6.42 Å². The molecule has 0 aliphatic rings. The lowest BCUT2D eigenvalue weighted by Crippen LogP contribution is -2.08. The summed E-state index contributed by atoms with van der Waals surface area (Å²) in [7, 11) is 1.84. The molecule has 2 aromatic heterocycles. The van der Waals surface area contributed by atoms with Gasteiger partial charge in [-0.2, -0.15) is 4.98 Å². The van der Waals surface area contributed by atoms with Gasteiger partial charge in [-0.1, -0.05) is 29.8 Å². The van der Waals surface area contributed by atoms with Crippen LogP contribution in [0.3, 0.4) is 0 Å². The first-order valence-corrected chi connectivity index (χ1v) is 7.86. The molecule has 4 nitrogen and oxygen atoms in total. The lowest BCUT2D eigenvalue weighted by atomic mass is 10.1. The molecule has 0 atom stereocenters. The zero-order valence-electron chi connectivity index (χ0n) is 12.2. The summed E-state index contributed by atoms with van der Waals surface area (Å²) in [6, 6.07) is 10.7. The van der Waals surface area contributed by atoms with E-state index in [1.54, 1.807) is 11.3 Å². The van der Waals surface area contributed by atoms with Crippen molar-refractivity contribution in [2.75, 3.05) is 24.2 Å². The van der Waals surface area contributed by atoms with Gasteiger partial charge in [0.15, 0.2) is 0 Å². The van der Waals surface area contributed by atoms with Gasteiger partial charge in [0.1, 0.15) is 10.6 Å². The molecule has 1 aromatic carbocycles. The Morgan fingerprint density at radius 2 is 2.10 bits per heavy atom. The largest absolute Gasteiger partial charge is 0.369 e. The van der Waals surface area contributed by atoms with Crippen molar-refractivity contribution in [3.8, 4) is 0 Å². The van der Waals surface area contributed by atoms with Crippen LogP contribution in [0, 0.1) is 6.92 Å². The van der Waals surface area contributed by atoms with E-state index in [0.717, 1.165) is 29.0 Å². The number of hydrogen-bond donors (Lipinski definition) is 2. The van der Waals surface area contributed by atoms with Crippen molar-refractivity contribution in [2.45, 2.75) is 13.3 Å². The average molecular weight is 298 g/mol. The molecule has 0 aliphatic carbocycles. The van der Waals surface area contributed by atoms with Gasteiger partial charge < -0.3 is 10.6 Å². The molecule has 0 fully saturated rings. The van der Waals surface area contributed by atoms with Gasteiger partial charge in [-0.3, -0.25) is 0 Å². The molecule has 0 bridgehead atoms. The van der Waals surface area contributed by atoms with E-state index in [1.807, 2.05) is 12.4 Å². The van der Waals surface area contributed by atoms with Crippen molar-refractivity contribution in [2.24, 2.45) is 0 Å². The molecule has 2 heterocycles. The van der Waals surface area contributed by atoms with Gasteiger partial charge in [-0.15, -0.1) is 11.3 Å². The highest BCUT2D eigenvalue weighted by Crippen LogP contribution is 2.26. The standard InChI is InChI=1S/C16H18N4S/c1-11-4-3-5-12(10-11)6-8-18-14-13-7-9-21-15(13)20-16(17-2)19-14/h3-5,7,9-10H,6,8H2,1-2H3,(H2,17,18,19,20). The van der Waals surface area contributed by atoms with Crippen molar-refractivity contribution in [1.82, 2.24) is 9.97 Å². The fourth-order valence-electron chi connectivity index (χ4n) is 2.29. The lowest BCUT2D eigenvalue weighted by Gasteiger charge is -2.09. The molecule has 3 rings (SSSR count). The second kappa shape index (κ2) is 6.10. The Bertz CT molecular complexity index is 751. The molecule has 0 amide bonds. The highest BCUT2D eigenvalue weighted by Gasteiger charge is 2.07. The van der Waals surface area contributed by atoms with E-state index in [0.29, 0.717) is 5.95 Å². The molecule has 0 saturated carbocycles. The molecule has 21 heavy (non-hydrogen) atoms. The Morgan fingerprint density at radius 3 is 2.90 bits per heavy atom. The number of rotatable bonds is 5. The van der Waals surface area contributed by atoms with Crippen molar-refractivity contribution < 1.29 is 0 Å². The molecular weight excluding hydrogens is 280 g/mol. The van der Waals surface area contributed by atoms with Crippen LogP contribution in [-0.4, -0.2) is 23.6 Å². The third kappa shape index (κ3) is 3.13. The summed E-state index contributed by atoms with van der Waals surface area (Å²) >= 11 is 1.63. The summed E-state index contributed by atoms with van der Waals surface area (Å²) in [6.07, 6.45) is 0.978. The second-order valence-electron chi connectivity index (χ2n) is 4.95. The van der Waals surface area contributed by atoms with Crippen LogP contribution in [0.5, 0.6) is 0 Å². The maximum Gasteiger partial charge on any atom is 0.225 e. The van der Waals surface area contributed by atoms with Gasteiger partial charge in [0.2, 0.25) is 5.95 Å². The van der Waals surface area contributed by atoms with E-state index in [4.69, 9.17) is 0 Å². The van der Waals surface area contributed by atoms with Gasteiger partial charge in [0.25, 0.3) is 0 Å². The highest BCUT2D eigenvalue weighted by atomic mass is 32.1. The summed E-state index contributed by atoms with van der Waals surface area (Å²) < 4.78 is 0. The van der Waals surface area contributed by atoms with Crippen LogP contribution in [0.25, 0.3) is 10.2 Å². The van der Waals surface area contributed by atoms with Crippen LogP contribution in [0.1, 0.15) is 11.1 Å². The quantitative estimate of drug-likeness (QED) is 0.754. The number of benzene rings is 1. The fraction of sp³-hybridized carbons (Fsp3) is 0.250. The van der Waals surface area contributed by atoms with Crippen molar-refractivity contribution >= 4 is 33.3 Å². The minimum atomic E-state index is 0.656. The summed E-state index contributed by atoms with van der Waals surface area (Å²) in [5.41, 5.74) is 2.64. The summed E-state index contributed by atoms with van der Waals surface area (Å²) in [5, 5.41) is 9.57. The maximum absolute atomic E-state index is 4.51. The topological polar surface area (TPSA) is 49.8 Å². The van der Waals surface area contributed by atoms with E-state index in [-0.39, 0.29) is 0 Å². The number of aryl methyl sites for hydroxylation is 1. The SMILES string of the molecule is CNc1nc(NCCc2cccc(C)c2)c2ccsc2n1. The first-order chi connectivity index (χ1) is 10.3. The van der Waals surface area contributed by atoms with Crippen molar-refractivity contribution in [1.29, 1.82) is 0 Å². The Morgan fingerprint density at radius 1 is 1.19 bits per heavy atom. The fourth-order valence-corrected chi connectivity index (χ4v) is 3.06. The molecule has 3 aromatic rings. The monoisotopic (exact) mass is 298 g/mol. The number of nitrogens with one attached hydrogen (secondary N) is 2. The zero-order valence-corrected chi connectivity index (χ0v) is 13.0. The smallest absolute Gasteiger partial charge is 0.225 e. The first kappa shape index (κ1) is 13.8. The number of thiophene rings is 1. The van der Waals surface area contributed by atoms with E-state index in [9.17, 15) is 0 Å². The Kier molecular flexibility index (Phi) is 4.01. The molecule has 108 valence electrons. The van der Waals surface area contributed by atoms with Gasteiger partial charge in [-0.05, 0) is 30.4 Å². The molecular formula is C16H18N4S. The van der Waals surface area contributed by atoms with Crippen LogP contribution in [0.4, 0.5) is 11.8 Å². The predicted molar refractivity (Wildman–Crippen MR) is 90.3 cm³/mol. The second-order valence-corrected chi connectivity index (χ2v) is 5.85.